The second kappa shape index (κ2) is 6.69. The monoisotopic (exact) mass is 304 g/mol. The summed E-state index contributed by atoms with van der Waals surface area (Å²) in [6, 6.07) is 6.42. The highest BCUT2D eigenvalue weighted by atomic mass is 16.5. The van der Waals surface area contributed by atoms with Crippen LogP contribution >= 0.6 is 0 Å². The van der Waals surface area contributed by atoms with Gasteiger partial charge in [-0.1, -0.05) is 18.2 Å². The number of para-hydroxylation sites is 1. The van der Waals surface area contributed by atoms with Crippen LogP contribution in [0.25, 0.3) is 0 Å². The predicted molar refractivity (Wildman–Crippen MR) is 89.2 cm³/mol. The Morgan fingerprint density at radius 2 is 2.18 bits per heavy atom. The molecule has 1 fully saturated rings. The quantitative estimate of drug-likeness (QED) is 0.909. The molecule has 1 saturated heterocycles. The molecule has 0 aliphatic carbocycles. The third-order valence-corrected chi connectivity index (χ3v) is 4.63. The van der Waals surface area contributed by atoms with Crippen molar-refractivity contribution in [1.82, 2.24) is 10.2 Å². The van der Waals surface area contributed by atoms with Crippen LogP contribution in [-0.2, 0) is 10.3 Å². The summed E-state index contributed by atoms with van der Waals surface area (Å²) in [5.41, 5.74) is 1.65. The average molecular weight is 304 g/mol. The summed E-state index contributed by atoms with van der Waals surface area (Å²) < 4.78 is 5.53. The number of ether oxygens (including phenoxy) is 1. The van der Waals surface area contributed by atoms with Gasteiger partial charge >= 0.3 is 0 Å². The first-order chi connectivity index (χ1) is 10.3. The van der Waals surface area contributed by atoms with Gasteiger partial charge in [0.2, 0.25) is 5.91 Å². The molecule has 1 aliphatic heterocycles. The van der Waals surface area contributed by atoms with E-state index in [0.717, 1.165) is 29.8 Å². The molecule has 1 aromatic rings. The van der Waals surface area contributed by atoms with Crippen molar-refractivity contribution in [3.63, 3.8) is 0 Å². The Labute approximate surface area is 133 Å². The molecule has 1 aliphatic rings. The second-order valence-corrected chi connectivity index (χ2v) is 6.81. The van der Waals surface area contributed by atoms with Gasteiger partial charge in [-0.05, 0) is 52.8 Å². The number of amides is 1. The van der Waals surface area contributed by atoms with Gasteiger partial charge < -0.3 is 15.0 Å². The average Bonchev–Trinajstić information content (AvgIpc) is 2.83. The topological polar surface area (TPSA) is 41.6 Å². The third kappa shape index (κ3) is 3.61. The molecule has 0 aromatic heterocycles. The maximum absolute atomic E-state index is 12.4. The first-order valence-corrected chi connectivity index (χ1v) is 8.00. The lowest BCUT2D eigenvalue weighted by Crippen LogP contribution is -2.43. The lowest BCUT2D eigenvalue weighted by atomic mass is 9.91. The molecule has 0 saturated carbocycles. The SMILES string of the molecule is COc1c(C)cccc1C(C)(C)NC(=O)C[C@H]1CCCN1C. The molecule has 1 aromatic carbocycles. The van der Waals surface area contributed by atoms with Crippen LogP contribution in [0.3, 0.4) is 0 Å². The number of benzene rings is 1. The number of aryl methyl sites for hydroxylation is 1. The van der Waals surface area contributed by atoms with E-state index in [2.05, 4.69) is 17.3 Å². The van der Waals surface area contributed by atoms with Gasteiger partial charge in [-0.25, -0.2) is 0 Å². The Morgan fingerprint density at radius 1 is 1.45 bits per heavy atom. The summed E-state index contributed by atoms with van der Waals surface area (Å²) in [5.74, 6) is 0.957. The number of hydrogen-bond donors (Lipinski definition) is 1. The number of likely N-dealkylation sites (tertiary alicyclic amines) is 1. The molecule has 4 nitrogen and oxygen atoms in total. The highest BCUT2D eigenvalue weighted by molar-refractivity contribution is 5.77. The van der Waals surface area contributed by atoms with Crippen molar-refractivity contribution in [2.75, 3.05) is 20.7 Å². The number of carbonyl (C=O) groups is 1. The van der Waals surface area contributed by atoms with E-state index in [1.165, 1.54) is 6.42 Å². The summed E-state index contributed by atoms with van der Waals surface area (Å²) >= 11 is 0. The van der Waals surface area contributed by atoms with Gasteiger partial charge in [0.05, 0.1) is 12.6 Å². The molecule has 1 amide bonds. The van der Waals surface area contributed by atoms with E-state index in [1.54, 1.807) is 7.11 Å². The molecule has 1 atom stereocenters. The zero-order valence-corrected chi connectivity index (χ0v) is 14.4. The molecule has 2 rings (SSSR count). The molecule has 1 heterocycles. The number of carbonyl (C=O) groups excluding carboxylic acids is 1. The smallest absolute Gasteiger partial charge is 0.222 e. The Kier molecular flexibility index (Phi) is 5.12. The van der Waals surface area contributed by atoms with E-state index in [0.29, 0.717) is 12.5 Å². The van der Waals surface area contributed by atoms with Gasteiger partial charge in [0.15, 0.2) is 0 Å². The minimum Gasteiger partial charge on any atom is -0.496 e. The molecule has 0 unspecified atom stereocenters. The Balaban J connectivity index is 2.10. The van der Waals surface area contributed by atoms with Crippen LogP contribution in [0, 0.1) is 6.92 Å². The van der Waals surface area contributed by atoms with Gasteiger partial charge in [-0.15, -0.1) is 0 Å². The maximum Gasteiger partial charge on any atom is 0.222 e. The molecule has 0 bridgehead atoms. The van der Waals surface area contributed by atoms with E-state index in [-0.39, 0.29) is 5.91 Å². The summed E-state index contributed by atoms with van der Waals surface area (Å²) in [5, 5.41) is 3.18. The minimum atomic E-state index is -0.453. The number of rotatable bonds is 5. The summed E-state index contributed by atoms with van der Waals surface area (Å²) in [6.45, 7) is 7.17. The van der Waals surface area contributed by atoms with Gasteiger partial charge in [-0.2, -0.15) is 0 Å². The van der Waals surface area contributed by atoms with Crippen LogP contribution in [0.2, 0.25) is 0 Å². The van der Waals surface area contributed by atoms with Crippen molar-refractivity contribution in [2.24, 2.45) is 0 Å². The molecule has 0 radical (unpaired) electrons. The van der Waals surface area contributed by atoms with E-state index in [1.807, 2.05) is 39.0 Å². The first-order valence-electron chi connectivity index (χ1n) is 8.00. The molecule has 22 heavy (non-hydrogen) atoms. The number of nitrogens with zero attached hydrogens (tertiary/aromatic N) is 1. The summed E-state index contributed by atoms with van der Waals surface area (Å²) in [6.07, 6.45) is 2.86. The van der Waals surface area contributed by atoms with Crippen molar-refractivity contribution < 1.29 is 9.53 Å². The Morgan fingerprint density at radius 3 is 2.77 bits per heavy atom. The van der Waals surface area contributed by atoms with E-state index < -0.39 is 5.54 Å². The minimum absolute atomic E-state index is 0.104. The van der Waals surface area contributed by atoms with Crippen molar-refractivity contribution in [3.05, 3.63) is 29.3 Å². The van der Waals surface area contributed by atoms with E-state index in [4.69, 9.17) is 4.74 Å². The molecule has 122 valence electrons. The Hall–Kier alpha value is -1.55. The molecular formula is C18H28N2O2. The number of nitrogens with one attached hydrogen (secondary N) is 1. The highest BCUT2D eigenvalue weighted by Crippen LogP contribution is 2.32. The second-order valence-electron chi connectivity index (χ2n) is 6.81. The first kappa shape index (κ1) is 16.8. The fraction of sp³-hybridized carbons (Fsp3) is 0.611. The van der Waals surface area contributed by atoms with E-state index in [9.17, 15) is 4.79 Å². The standard InChI is InChI=1S/C18H28N2O2/c1-13-8-6-10-15(17(13)22-5)18(2,3)19-16(21)12-14-9-7-11-20(14)4/h6,8,10,14H,7,9,11-12H2,1-5H3,(H,19,21)/t14-/m1/s1. The third-order valence-electron chi connectivity index (χ3n) is 4.63. The largest absolute Gasteiger partial charge is 0.496 e. The summed E-state index contributed by atoms with van der Waals surface area (Å²) in [4.78, 5) is 14.7. The van der Waals surface area contributed by atoms with Gasteiger partial charge in [-0.3, -0.25) is 4.79 Å². The zero-order chi connectivity index (χ0) is 16.3. The van der Waals surface area contributed by atoms with Gasteiger partial charge in [0, 0.05) is 18.0 Å². The predicted octanol–water partition coefficient (Wildman–Crippen LogP) is 2.84. The van der Waals surface area contributed by atoms with Crippen molar-refractivity contribution in [2.45, 2.75) is 51.6 Å². The molecular weight excluding hydrogens is 276 g/mol. The Bertz CT molecular complexity index is 540. The lowest BCUT2D eigenvalue weighted by Gasteiger charge is -2.30. The number of hydrogen-bond acceptors (Lipinski definition) is 3. The maximum atomic E-state index is 12.4. The molecule has 0 spiro atoms. The van der Waals surface area contributed by atoms with Gasteiger partial charge in [0.25, 0.3) is 0 Å². The highest BCUT2D eigenvalue weighted by Gasteiger charge is 2.29. The fourth-order valence-electron chi connectivity index (χ4n) is 3.33. The molecule has 1 N–H and O–H groups in total. The van der Waals surface area contributed by atoms with Crippen LogP contribution in [0.15, 0.2) is 18.2 Å². The van der Waals surface area contributed by atoms with E-state index >= 15 is 0 Å². The van der Waals surface area contributed by atoms with Crippen LogP contribution in [0.4, 0.5) is 0 Å². The summed E-state index contributed by atoms with van der Waals surface area (Å²) in [7, 11) is 3.77. The molecule has 4 heteroatoms. The van der Waals surface area contributed by atoms with Crippen molar-refractivity contribution >= 4 is 5.91 Å². The van der Waals surface area contributed by atoms with Crippen molar-refractivity contribution in [3.8, 4) is 5.75 Å². The van der Waals surface area contributed by atoms with Crippen LogP contribution in [-0.4, -0.2) is 37.6 Å². The fourth-order valence-corrected chi connectivity index (χ4v) is 3.33. The van der Waals surface area contributed by atoms with Crippen LogP contribution in [0.5, 0.6) is 5.75 Å². The zero-order valence-electron chi connectivity index (χ0n) is 14.4. The van der Waals surface area contributed by atoms with Gasteiger partial charge in [0.1, 0.15) is 5.75 Å². The van der Waals surface area contributed by atoms with Crippen LogP contribution in [0.1, 0.15) is 44.2 Å². The number of methoxy groups -OCH3 is 1. The van der Waals surface area contributed by atoms with Crippen LogP contribution < -0.4 is 10.1 Å². The normalized spacial score (nSPS) is 19.2. The van der Waals surface area contributed by atoms with Crippen molar-refractivity contribution in [1.29, 1.82) is 0 Å². The lowest BCUT2D eigenvalue weighted by molar-refractivity contribution is -0.123.